The van der Waals surface area contributed by atoms with Crippen LogP contribution in [0, 0.1) is 23.0 Å². The molecule has 2 aromatic carbocycles. The SMILES string of the molecule is CC(Nc1c(F)cc(C#N)cc1F)C(=O)Nc1ccccc1. The molecule has 2 rings (SSSR count). The third-order valence-electron chi connectivity index (χ3n) is 2.97. The zero-order valence-electron chi connectivity index (χ0n) is 11.7. The van der Waals surface area contributed by atoms with E-state index in [1.54, 1.807) is 36.4 Å². The van der Waals surface area contributed by atoms with Crippen molar-refractivity contribution >= 4 is 17.3 Å². The number of carbonyl (C=O) groups excluding carboxylic acids is 1. The number of amides is 1. The molecular formula is C16H13F2N3O. The first kappa shape index (κ1) is 15.4. The summed E-state index contributed by atoms with van der Waals surface area (Å²) in [6, 6.07) is 11.3. The van der Waals surface area contributed by atoms with Gasteiger partial charge in [0.1, 0.15) is 11.7 Å². The second kappa shape index (κ2) is 6.68. The number of rotatable bonds is 4. The number of hydrogen-bond acceptors (Lipinski definition) is 3. The average Bonchev–Trinajstić information content (AvgIpc) is 2.51. The Balaban J connectivity index is 2.10. The number of nitrogens with zero attached hydrogens (tertiary/aromatic N) is 1. The standard InChI is InChI=1S/C16H13F2N3O/c1-10(16(22)21-12-5-3-2-4-6-12)20-15-13(17)7-11(9-19)8-14(15)18/h2-8,10,20H,1H3,(H,21,22). The van der Waals surface area contributed by atoms with E-state index in [1.165, 1.54) is 6.92 Å². The quantitative estimate of drug-likeness (QED) is 0.911. The number of halogens is 2. The van der Waals surface area contributed by atoms with E-state index >= 15 is 0 Å². The van der Waals surface area contributed by atoms with Crippen molar-refractivity contribution in [3.8, 4) is 6.07 Å². The fourth-order valence-corrected chi connectivity index (χ4v) is 1.83. The molecule has 0 bridgehead atoms. The van der Waals surface area contributed by atoms with Crippen LogP contribution < -0.4 is 10.6 Å². The number of nitriles is 1. The number of nitrogens with one attached hydrogen (secondary N) is 2. The molecular weight excluding hydrogens is 288 g/mol. The summed E-state index contributed by atoms with van der Waals surface area (Å²) in [5, 5.41) is 13.7. The maximum absolute atomic E-state index is 13.8. The van der Waals surface area contributed by atoms with Crippen molar-refractivity contribution in [2.75, 3.05) is 10.6 Å². The van der Waals surface area contributed by atoms with Gasteiger partial charge in [-0.25, -0.2) is 8.78 Å². The second-order valence-electron chi connectivity index (χ2n) is 4.65. The van der Waals surface area contributed by atoms with E-state index in [-0.39, 0.29) is 5.56 Å². The van der Waals surface area contributed by atoms with Crippen LogP contribution in [-0.2, 0) is 4.79 Å². The fourth-order valence-electron chi connectivity index (χ4n) is 1.83. The highest BCUT2D eigenvalue weighted by Gasteiger charge is 2.18. The molecule has 1 unspecified atom stereocenters. The van der Waals surface area contributed by atoms with Crippen LogP contribution in [0.1, 0.15) is 12.5 Å². The topological polar surface area (TPSA) is 64.9 Å². The molecule has 4 nitrogen and oxygen atoms in total. The highest BCUT2D eigenvalue weighted by atomic mass is 19.1. The Morgan fingerprint density at radius 3 is 2.32 bits per heavy atom. The Morgan fingerprint density at radius 2 is 1.77 bits per heavy atom. The lowest BCUT2D eigenvalue weighted by Gasteiger charge is -2.16. The number of para-hydroxylation sites is 1. The van der Waals surface area contributed by atoms with Gasteiger partial charge in [-0.3, -0.25) is 4.79 Å². The molecule has 6 heteroatoms. The van der Waals surface area contributed by atoms with Gasteiger partial charge in [-0.2, -0.15) is 5.26 Å². The van der Waals surface area contributed by atoms with Gasteiger partial charge in [-0.15, -0.1) is 0 Å². The van der Waals surface area contributed by atoms with E-state index in [0.29, 0.717) is 5.69 Å². The van der Waals surface area contributed by atoms with Crippen LogP contribution in [0.4, 0.5) is 20.2 Å². The van der Waals surface area contributed by atoms with E-state index < -0.39 is 29.3 Å². The number of carbonyl (C=O) groups is 1. The van der Waals surface area contributed by atoms with Crippen LogP contribution in [0.3, 0.4) is 0 Å². The molecule has 0 heterocycles. The van der Waals surface area contributed by atoms with Crippen molar-refractivity contribution in [2.24, 2.45) is 0 Å². The Hall–Kier alpha value is -2.94. The minimum Gasteiger partial charge on any atom is -0.369 e. The zero-order chi connectivity index (χ0) is 16.1. The van der Waals surface area contributed by atoms with Gasteiger partial charge in [0, 0.05) is 5.69 Å². The van der Waals surface area contributed by atoms with Gasteiger partial charge in [0.25, 0.3) is 0 Å². The van der Waals surface area contributed by atoms with Gasteiger partial charge in [0.15, 0.2) is 11.6 Å². The van der Waals surface area contributed by atoms with Gasteiger partial charge in [-0.05, 0) is 31.2 Å². The number of benzene rings is 2. The van der Waals surface area contributed by atoms with Gasteiger partial charge in [-0.1, -0.05) is 18.2 Å². The predicted octanol–water partition coefficient (Wildman–Crippen LogP) is 3.28. The molecule has 0 saturated heterocycles. The second-order valence-corrected chi connectivity index (χ2v) is 4.65. The maximum Gasteiger partial charge on any atom is 0.246 e. The number of anilines is 2. The van der Waals surface area contributed by atoms with Gasteiger partial charge < -0.3 is 10.6 Å². The van der Waals surface area contributed by atoms with E-state index in [0.717, 1.165) is 12.1 Å². The first-order valence-electron chi connectivity index (χ1n) is 6.53. The summed E-state index contributed by atoms with van der Waals surface area (Å²) < 4.78 is 27.5. The van der Waals surface area contributed by atoms with Crippen molar-refractivity contribution < 1.29 is 13.6 Å². The average molecular weight is 301 g/mol. The van der Waals surface area contributed by atoms with Crippen LogP contribution in [0.15, 0.2) is 42.5 Å². The molecule has 2 aromatic rings. The Kier molecular flexibility index (Phi) is 4.69. The highest BCUT2D eigenvalue weighted by Crippen LogP contribution is 2.21. The lowest BCUT2D eigenvalue weighted by Crippen LogP contribution is -2.32. The molecule has 0 saturated carbocycles. The molecule has 22 heavy (non-hydrogen) atoms. The molecule has 2 N–H and O–H groups in total. The zero-order valence-corrected chi connectivity index (χ0v) is 11.7. The predicted molar refractivity (Wildman–Crippen MR) is 79.2 cm³/mol. The van der Waals surface area contributed by atoms with Gasteiger partial charge in [0.05, 0.1) is 11.6 Å². The smallest absolute Gasteiger partial charge is 0.246 e. The van der Waals surface area contributed by atoms with Crippen LogP contribution in [0.5, 0.6) is 0 Å². The minimum absolute atomic E-state index is 0.123. The molecule has 112 valence electrons. The summed E-state index contributed by atoms with van der Waals surface area (Å²) in [4.78, 5) is 12.0. The van der Waals surface area contributed by atoms with Crippen molar-refractivity contribution in [1.29, 1.82) is 5.26 Å². The molecule has 1 atom stereocenters. The van der Waals surface area contributed by atoms with E-state index in [4.69, 9.17) is 5.26 Å². The largest absolute Gasteiger partial charge is 0.369 e. The van der Waals surface area contributed by atoms with Crippen LogP contribution in [-0.4, -0.2) is 11.9 Å². The highest BCUT2D eigenvalue weighted by molar-refractivity contribution is 5.96. The molecule has 0 spiro atoms. The van der Waals surface area contributed by atoms with Crippen LogP contribution in [0.25, 0.3) is 0 Å². The van der Waals surface area contributed by atoms with Crippen molar-refractivity contribution in [1.82, 2.24) is 0 Å². The van der Waals surface area contributed by atoms with E-state index in [1.807, 2.05) is 0 Å². The lowest BCUT2D eigenvalue weighted by atomic mass is 10.2. The van der Waals surface area contributed by atoms with Crippen molar-refractivity contribution in [3.05, 3.63) is 59.7 Å². The summed E-state index contributed by atoms with van der Waals surface area (Å²) in [6.45, 7) is 1.48. The molecule has 0 aliphatic rings. The third-order valence-corrected chi connectivity index (χ3v) is 2.97. The normalized spacial score (nSPS) is 11.4. The summed E-state index contributed by atoms with van der Waals surface area (Å²) in [7, 11) is 0. The summed E-state index contributed by atoms with van der Waals surface area (Å²) >= 11 is 0. The monoisotopic (exact) mass is 301 g/mol. The fraction of sp³-hybridized carbons (Fsp3) is 0.125. The van der Waals surface area contributed by atoms with E-state index in [2.05, 4.69) is 10.6 Å². The Morgan fingerprint density at radius 1 is 1.18 bits per heavy atom. The van der Waals surface area contributed by atoms with Crippen LogP contribution in [0.2, 0.25) is 0 Å². The van der Waals surface area contributed by atoms with Crippen LogP contribution >= 0.6 is 0 Å². The summed E-state index contributed by atoms with van der Waals surface area (Å²) in [5.41, 5.74) is 0.0265. The Bertz CT molecular complexity index is 703. The first-order chi connectivity index (χ1) is 10.5. The lowest BCUT2D eigenvalue weighted by molar-refractivity contribution is -0.116. The first-order valence-corrected chi connectivity index (χ1v) is 6.53. The van der Waals surface area contributed by atoms with E-state index in [9.17, 15) is 13.6 Å². The molecule has 0 aliphatic heterocycles. The molecule has 1 amide bonds. The molecule has 0 fully saturated rings. The van der Waals surface area contributed by atoms with Gasteiger partial charge in [0.2, 0.25) is 5.91 Å². The van der Waals surface area contributed by atoms with Gasteiger partial charge >= 0.3 is 0 Å². The maximum atomic E-state index is 13.8. The summed E-state index contributed by atoms with van der Waals surface area (Å²) in [5.74, 6) is -2.28. The summed E-state index contributed by atoms with van der Waals surface area (Å²) in [6.07, 6.45) is 0. The molecule has 0 aromatic heterocycles. The third kappa shape index (κ3) is 3.58. The van der Waals surface area contributed by atoms with Crippen molar-refractivity contribution in [3.63, 3.8) is 0 Å². The minimum atomic E-state index is -0.920. The molecule has 0 radical (unpaired) electrons. The Labute approximate surface area is 126 Å². The number of hydrogen-bond donors (Lipinski definition) is 2. The molecule has 0 aliphatic carbocycles. The van der Waals surface area contributed by atoms with Crippen molar-refractivity contribution in [2.45, 2.75) is 13.0 Å².